The lowest BCUT2D eigenvalue weighted by Crippen LogP contribution is -2.55. The standard InChI is InChI=1S/C19H22ClN3O4S2/c20-15-4-6-16(7-5-15)29(26,27)18-14-28(24,25)13-17(18)22-9-11-23(12-10-22)19-3-1-2-8-21-19/h1-8,17-18H,9-14H2. The lowest BCUT2D eigenvalue weighted by atomic mass is 10.2. The summed E-state index contributed by atoms with van der Waals surface area (Å²) in [5, 5.41) is -0.541. The fourth-order valence-electron chi connectivity index (χ4n) is 4.06. The first kappa shape index (κ1) is 20.6. The Kier molecular flexibility index (Phi) is 5.58. The van der Waals surface area contributed by atoms with Gasteiger partial charge in [0.2, 0.25) is 0 Å². The van der Waals surface area contributed by atoms with E-state index < -0.39 is 31.0 Å². The largest absolute Gasteiger partial charge is 0.354 e. The predicted molar refractivity (Wildman–Crippen MR) is 113 cm³/mol. The quantitative estimate of drug-likeness (QED) is 0.690. The minimum absolute atomic E-state index is 0.112. The molecule has 29 heavy (non-hydrogen) atoms. The number of benzene rings is 1. The van der Waals surface area contributed by atoms with Crippen LogP contribution in [0.25, 0.3) is 0 Å². The maximum Gasteiger partial charge on any atom is 0.183 e. The Morgan fingerprint density at radius 2 is 1.66 bits per heavy atom. The van der Waals surface area contributed by atoms with Crippen LogP contribution in [0, 0.1) is 0 Å². The zero-order valence-electron chi connectivity index (χ0n) is 15.7. The number of pyridine rings is 1. The van der Waals surface area contributed by atoms with E-state index in [0.29, 0.717) is 31.2 Å². The average Bonchev–Trinajstić information content (AvgIpc) is 3.05. The highest BCUT2D eigenvalue weighted by molar-refractivity contribution is 7.96. The average molecular weight is 456 g/mol. The number of piperazine rings is 1. The molecule has 10 heteroatoms. The normalized spacial score (nSPS) is 25.2. The van der Waals surface area contributed by atoms with Crippen LogP contribution in [0.5, 0.6) is 0 Å². The van der Waals surface area contributed by atoms with Gasteiger partial charge in [-0.25, -0.2) is 21.8 Å². The fraction of sp³-hybridized carbons (Fsp3) is 0.421. The molecular formula is C19H22ClN3O4S2. The van der Waals surface area contributed by atoms with E-state index in [4.69, 9.17) is 11.6 Å². The summed E-state index contributed by atoms with van der Waals surface area (Å²) in [6.45, 7) is 2.51. The number of nitrogens with zero attached hydrogens (tertiary/aromatic N) is 3. The molecule has 1 aromatic carbocycles. The van der Waals surface area contributed by atoms with Crippen molar-refractivity contribution in [3.63, 3.8) is 0 Å². The number of hydrogen-bond acceptors (Lipinski definition) is 7. The van der Waals surface area contributed by atoms with Gasteiger partial charge in [0.05, 0.1) is 21.7 Å². The van der Waals surface area contributed by atoms with Gasteiger partial charge < -0.3 is 4.90 Å². The summed E-state index contributed by atoms with van der Waals surface area (Å²) in [5.74, 6) is 0.397. The monoisotopic (exact) mass is 455 g/mol. The van der Waals surface area contributed by atoms with Crippen molar-refractivity contribution in [3.05, 3.63) is 53.7 Å². The first-order valence-corrected chi connectivity index (χ1v) is 13.1. The third kappa shape index (κ3) is 4.28. The Morgan fingerprint density at radius 3 is 2.28 bits per heavy atom. The lowest BCUT2D eigenvalue weighted by Gasteiger charge is -2.39. The van der Waals surface area contributed by atoms with E-state index in [2.05, 4.69) is 9.88 Å². The van der Waals surface area contributed by atoms with Crippen LogP contribution in [0.1, 0.15) is 0 Å². The van der Waals surface area contributed by atoms with Crippen molar-refractivity contribution in [2.24, 2.45) is 0 Å². The van der Waals surface area contributed by atoms with Crippen molar-refractivity contribution in [1.29, 1.82) is 0 Å². The van der Waals surface area contributed by atoms with Crippen LogP contribution in [-0.4, -0.2) is 75.7 Å². The third-order valence-electron chi connectivity index (χ3n) is 5.57. The second kappa shape index (κ2) is 7.86. The summed E-state index contributed by atoms with van der Waals surface area (Å²) in [5.41, 5.74) is 0. The summed E-state index contributed by atoms with van der Waals surface area (Å²) in [4.78, 5) is 8.60. The van der Waals surface area contributed by atoms with E-state index in [1.54, 1.807) is 6.20 Å². The fourth-order valence-corrected chi connectivity index (χ4v) is 9.01. The van der Waals surface area contributed by atoms with E-state index in [1.165, 1.54) is 24.3 Å². The molecule has 156 valence electrons. The van der Waals surface area contributed by atoms with Gasteiger partial charge in [0.1, 0.15) is 5.82 Å². The molecule has 2 unspecified atom stereocenters. The molecule has 0 spiro atoms. The minimum atomic E-state index is -3.80. The molecule has 3 heterocycles. The number of aromatic nitrogens is 1. The summed E-state index contributed by atoms with van der Waals surface area (Å²) in [7, 11) is -7.23. The molecule has 0 N–H and O–H groups in total. The molecule has 2 aliphatic rings. The summed E-state index contributed by atoms with van der Waals surface area (Å²) in [6.07, 6.45) is 1.74. The Bertz CT molecular complexity index is 1070. The molecule has 0 saturated carbocycles. The molecule has 2 saturated heterocycles. The van der Waals surface area contributed by atoms with Gasteiger partial charge in [-0.05, 0) is 36.4 Å². The lowest BCUT2D eigenvalue weighted by molar-refractivity contribution is 0.201. The Labute approximate surface area is 176 Å². The van der Waals surface area contributed by atoms with Gasteiger partial charge in [0, 0.05) is 43.4 Å². The van der Waals surface area contributed by atoms with Crippen LogP contribution in [0.15, 0.2) is 53.6 Å². The van der Waals surface area contributed by atoms with Crippen molar-refractivity contribution in [2.75, 3.05) is 42.6 Å². The van der Waals surface area contributed by atoms with Crippen molar-refractivity contribution in [1.82, 2.24) is 9.88 Å². The molecule has 2 atom stereocenters. The topological polar surface area (TPSA) is 87.7 Å². The molecule has 2 aliphatic heterocycles. The summed E-state index contributed by atoms with van der Waals surface area (Å²) >= 11 is 5.87. The van der Waals surface area contributed by atoms with E-state index in [-0.39, 0.29) is 16.4 Å². The molecular weight excluding hydrogens is 434 g/mol. The van der Waals surface area contributed by atoms with Crippen LogP contribution in [0.2, 0.25) is 5.02 Å². The van der Waals surface area contributed by atoms with Crippen LogP contribution in [-0.2, 0) is 19.7 Å². The van der Waals surface area contributed by atoms with Crippen LogP contribution >= 0.6 is 11.6 Å². The number of hydrogen-bond donors (Lipinski definition) is 0. The Hall–Kier alpha value is -1.68. The van der Waals surface area contributed by atoms with Crippen molar-refractivity contribution in [2.45, 2.75) is 16.2 Å². The van der Waals surface area contributed by atoms with Crippen molar-refractivity contribution in [3.8, 4) is 0 Å². The maximum atomic E-state index is 13.2. The molecule has 2 aromatic rings. The molecule has 2 fully saturated rings. The molecule has 0 radical (unpaired) electrons. The smallest absolute Gasteiger partial charge is 0.183 e. The van der Waals surface area contributed by atoms with Gasteiger partial charge >= 0.3 is 0 Å². The Morgan fingerprint density at radius 1 is 0.966 bits per heavy atom. The van der Waals surface area contributed by atoms with Crippen LogP contribution < -0.4 is 4.90 Å². The van der Waals surface area contributed by atoms with Gasteiger partial charge in [-0.1, -0.05) is 17.7 Å². The SMILES string of the molecule is O=S1(=O)CC(N2CCN(c3ccccn3)CC2)C(S(=O)(=O)c2ccc(Cl)cc2)C1. The summed E-state index contributed by atoms with van der Waals surface area (Å²) in [6, 6.07) is 11.1. The van der Waals surface area contributed by atoms with E-state index in [0.717, 1.165) is 5.82 Å². The van der Waals surface area contributed by atoms with Gasteiger partial charge in [-0.15, -0.1) is 0 Å². The van der Waals surface area contributed by atoms with Crippen LogP contribution in [0.4, 0.5) is 5.82 Å². The van der Waals surface area contributed by atoms with E-state index in [1.807, 2.05) is 23.1 Å². The third-order valence-corrected chi connectivity index (χ3v) is 9.96. The highest BCUT2D eigenvalue weighted by atomic mass is 35.5. The molecule has 1 aromatic heterocycles. The number of halogens is 1. The summed E-state index contributed by atoms with van der Waals surface area (Å²) < 4.78 is 51.2. The highest BCUT2D eigenvalue weighted by Crippen LogP contribution is 2.30. The van der Waals surface area contributed by atoms with Gasteiger partial charge in [-0.3, -0.25) is 4.90 Å². The minimum Gasteiger partial charge on any atom is -0.354 e. The highest BCUT2D eigenvalue weighted by Gasteiger charge is 2.48. The zero-order valence-corrected chi connectivity index (χ0v) is 18.1. The van der Waals surface area contributed by atoms with E-state index >= 15 is 0 Å². The first-order chi connectivity index (χ1) is 13.8. The molecule has 0 aliphatic carbocycles. The van der Waals surface area contributed by atoms with Gasteiger partial charge in [0.25, 0.3) is 0 Å². The second-order valence-electron chi connectivity index (χ2n) is 7.39. The zero-order chi connectivity index (χ0) is 20.6. The van der Waals surface area contributed by atoms with E-state index in [9.17, 15) is 16.8 Å². The van der Waals surface area contributed by atoms with Gasteiger partial charge in [-0.2, -0.15) is 0 Å². The number of rotatable bonds is 4. The predicted octanol–water partition coefficient (Wildman–Crippen LogP) is 1.50. The van der Waals surface area contributed by atoms with Crippen LogP contribution in [0.3, 0.4) is 0 Å². The maximum absolute atomic E-state index is 13.2. The van der Waals surface area contributed by atoms with Crippen molar-refractivity contribution >= 4 is 37.1 Å². The number of sulfone groups is 2. The number of anilines is 1. The molecule has 0 bridgehead atoms. The molecule has 4 rings (SSSR count). The Balaban J connectivity index is 1.55. The second-order valence-corrected chi connectivity index (χ2v) is 12.1. The van der Waals surface area contributed by atoms with Gasteiger partial charge in [0.15, 0.2) is 19.7 Å². The first-order valence-electron chi connectivity index (χ1n) is 9.36. The molecule has 0 amide bonds. The van der Waals surface area contributed by atoms with Crippen molar-refractivity contribution < 1.29 is 16.8 Å². The molecule has 7 nitrogen and oxygen atoms in total.